The second-order valence-corrected chi connectivity index (χ2v) is 6.01. The van der Waals surface area contributed by atoms with Gasteiger partial charge in [0.2, 0.25) is 5.91 Å². The minimum atomic E-state index is -0.00430. The van der Waals surface area contributed by atoms with Crippen LogP contribution in [-0.2, 0) is 4.79 Å². The van der Waals surface area contributed by atoms with E-state index in [0.29, 0.717) is 6.54 Å². The van der Waals surface area contributed by atoms with Crippen LogP contribution in [0.15, 0.2) is 36.4 Å². The number of rotatable bonds is 4. The van der Waals surface area contributed by atoms with Gasteiger partial charge in [-0.25, -0.2) is 0 Å². The summed E-state index contributed by atoms with van der Waals surface area (Å²) >= 11 is 0. The van der Waals surface area contributed by atoms with Gasteiger partial charge in [-0.15, -0.1) is 0 Å². The Hall–Kier alpha value is -2.29. The van der Waals surface area contributed by atoms with Crippen molar-refractivity contribution in [2.45, 2.75) is 27.7 Å². The van der Waals surface area contributed by atoms with Crippen molar-refractivity contribution in [3.63, 3.8) is 0 Å². The van der Waals surface area contributed by atoms with E-state index in [1.54, 1.807) is 0 Å². The number of hydrogen-bond donors (Lipinski definition) is 1. The van der Waals surface area contributed by atoms with Crippen LogP contribution in [0.1, 0.15) is 22.3 Å². The third-order valence-corrected chi connectivity index (χ3v) is 3.81. The minimum Gasteiger partial charge on any atom is -0.365 e. The van der Waals surface area contributed by atoms with Crippen molar-refractivity contribution in [1.82, 2.24) is 0 Å². The van der Waals surface area contributed by atoms with Gasteiger partial charge in [-0.05, 0) is 56.5 Å². The van der Waals surface area contributed by atoms with E-state index >= 15 is 0 Å². The third kappa shape index (κ3) is 3.88. The summed E-state index contributed by atoms with van der Waals surface area (Å²) < 4.78 is 0. The molecule has 0 aliphatic carbocycles. The molecule has 0 saturated carbocycles. The molecule has 0 saturated heterocycles. The van der Waals surface area contributed by atoms with Crippen LogP contribution in [0, 0.1) is 27.7 Å². The fraction of sp³-hybridized carbons (Fsp3) is 0.316. The largest absolute Gasteiger partial charge is 0.365 e. The molecule has 0 aromatic heterocycles. The Morgan fingerprint density at radius 3 is 2.27 bits per heavy atom. The number of carbonyl (C=O) groups is 1. The zero-order valence-electron chi connectivity index (χ0n) is 14.0. The van der Waals surface area contributed by atoms with Gasteiger partial charge in [0, 0.05) is 18.4 Å². The lowest BCUT2D eigenvalue weighted by Crippen LogP contribution is -2.30. The molecule has 2 aromatic carbocycles. The molecule has 2 rings (SSSR count). The number of anilines is 2. The summed E-state index contributed by atoms with van der Waals surface area (Å²) in [5.41, 5.74) is 6.63. The van der Waals surface area contributed by atoms with Crippen LogP contribution in [0.5, 0.6) is 0 Å². The molecule has 0 bridgehead atoms. The van der Waals surface area contributed by atoms with E-state index in [2.05, 4.69) is 43.4 Å². The van der Waals surface area contributed by atoms with E-state index in [-0.39, 0.29) is 5.91 Å². The molecular weight excluding hydrogens is 272 g/mol. The molecule has 1 amide bonds. The second kappa shape index (κ2) is 6.65. The van der Waals surface area contributed by atoms with Crippen molar-refractivity contribution in [3.8, 4) is 0 Å². The standard InChI is InChI=1S/C19H24N2O/c1-13-7-9-17(16(4)10-13)20-19(22)12-21(5)18-11-14(2)6-8-15(18)3/h6-11H,12H2,1-5H3,(H,20,22). The smallest absolute Gasteiger partial charge is 0.243 e. The number of hydrogen-bond acceptors (Lipinski definition) is 2. The quantitative estimate of drug-likeness (QED) is 0.925. The molecule has 0 fully saturated rings. The predicted octanol–water partition coefficient (Wildman–Crippen LogP) is 4.00. The lowest BCUT2D eigenvalue weighted by atomic mass is 10.1. The number of aryl methyl sites for hydroxylation is 4. The summed E-state index contributed by atoms with van der Waals surface area (Å²) in [6, 6.07) is 12.3. The Morgan fingerprint density at radius 1 is 0.955 bits per heavy atom. The van der Waals surface area contributed by atoms with Gasteiger partial charge in [0.05, 0.1) is 6.54 Å². The van der Waals surface area contributed by atoms with Crippen LogP contribution in [-0.4, -0.2) is 19.5 Å². The van der Waals surface area contributed by atoms with Gasteiger partial charge >= 0.3 is 0 Å². The molecule has 0 spiro atoms. The number of likely N-dealkylation sites (N-methyl/N-ethyl adjacent to an activating group) is 1. The maximum absolute atomic E-state index is 12.3. The number of nitrogens with zero attached hydrogens (tertiary/aromatic N) is 1. The average molecular weight is 296 g/mol. The van der Waals surface area contributed by atoms with Crippen molar-refractivity contribution >= 4 is 17.3 Å². The van der Waals surface area contributed by atoms with Crippen LogP contribution in [0.2, 0.25) is 0 Å². The Morgan fingerprint density at radius 2 is 1.59 bits per heavy atom. The van der Waals surface area contributed by atoms with Crippen molar-refractivity contribution < 1.29 is 4.79 Å². The second-order valence-electron chi connectivity index (χ2n) is 6.01. The number of nitrogens with one attached hydrogen (secondary N) is 1. The Bertz CT molecular complexity index is 692. The maximum Gasteiger partial charge on any atom is 0.243 e. The lowest BCUT2D eigenvalue weighted by Gasteiger charge is -2.21. The van der Waals surface area contributed by atoms with E-state index in [1.165, 1.54) is 16.7 Å². The van der Waals surface area contributed by atoms with E-state index < -0.39 is 0 Å². The third-order valence-electron chi connectivity index (χ3n) is 3.81. The Labute approximate surface area is 133 Å². The van der Waals surface area contributed by atoms with E-state index in [4.69, 9.17) is 0 Å². The van der Waals surface area contributed by atoms with E-state index in [0.717, 1.165) is 16.9 Å². The molecule has 0 atom stereocenters. The van der Waals surface area contributed by atoms with Crippen LogP contribution in [0.4, 0.5) is 11.4 Å². The van der Waals surface area contributed by atoms with Gasteiger partial charge in [0.1, 0.15) is 0 Å². The van der Waals surface area contributed by atoms with Crippen molar-refractivity contribution in [3.05, 3.63) is 58.7 Å². The molecule has 0 aliphatic rings. The van der Waals surface area contributed by atoms with Crippen molar-refractivity contribution in [1.29, 1.82) is 0 Å². The van der Waals surface area contributed by atoms with Crippen LogP contribution < -0.4 is 10.2 Å². The highest BCUT2D eigenvalue weighted by molar-refractivity contribution is 5.94. The molecule has 0 heterocycles. The average Bonchev–Trinajstić information content (AvgIpc) is 2.44. The molecule has 22 heavy (non-hydrogen) atoms. The normalized spacial score (nSPS) is 10.4. The lowest BCUT2D eigenvalue weighted by molar-refractivity contribution is -0.114. The highest BCUT2D eigenvalue weighted by Gasteiger charge is 2.11. The summed E-state index contributed by atoms with van der Waals surface area (Å²) in [5, 5.41) is 2.99. The molecule has 1 N–H and O–H groups in total. The first-order valence-electron chi connectivity index (χ1n) is 7.52. The highest BCUT2D eigenvalue weighted by atomic mass is 16.2. The molecule has 0 radical (unpaired) electrons. The summed E-state index contributed by atoms with van der Waals surface area (Å²) in [6.45, 7) is 8.52. The first-order valence-corrected chi connectivity index (χ1v) is 7.52. The zero-order valence-corrected chi connectivity index (χ0v) is 14.0. The zero-order chi connectivity index (χ0) is 16.3. The predicted molar refractivity (Wildman–Crippen MR) is 93.7 cm³/mol. The van der Waals surface area contributed by atoms with Gasteiger partial charge in [-0.3, -0.25) is 4.79 Å². The van der Waals surface area contributed by atoms with Crippen LogP contribution >= 0.6 is 0 Å². The molecule has 3 heteroatoms. The summed E-state index contributed by atoms with van der Waals surface area (Å²) in [5.74, 6) is -0.00430. The maximum atomic E-state index is 12.3. The molecule has 116 valence electrons. The monoisotopic (exact) mass is 296 g/mol. The van der Waals surface area contributed by atoms with Gasteiger partial charge in [0.25, 0.3) is 0 Å². The first-order chi connectivity index (χ1) is 10.4. The van der Waals surface area contributed by atoms with Crippen molar-refractivity contribution in [2.24, 2.45) is 0 Å². The fourth-order valence-corrected chi connectivity index (χ4v) is 2.57. The fourth-order valence-electron chi connectivity index (χ4n) is 2.57. The number of amides is 1. The van der Waals surface area contributed by atoms with Gasteiger partial charge < -0.3 is 10.2 Å². The number of carbonyl (C=O) groups excluding carboxylic acids is 1. The van der Waals surface area contributed by atoms with Crippen LogP contribution in [0.25, 0.3) is 0 Å². The Balaban J connectivity index is 2.06. The number of benzene rings is 2. The molecule has 3 nitrogen and oxygen atoms in total. The topological polar surface area (TPSA) is 32.3 Å². The van der Waals surface area contributed by atoms with Crippen molar-refractivity contribution in [2.75, 3.05) is 23.8 Å². The Kier molecular flexibility index (Phi) is 4.86. The highest BCUT2D eigenvalue weighted by Crippen LogP contribution is 2.21. The summed E-state index contributed by atoms with van der Waals surface area (Å²) in [4.78, 5) is 14.3. The summed E-state index contributed by atoms with van der Waals surface area (Å²) in [6.07, 6.45) is 0. The van der Waals surface area contributed by atoms with E-state index in [9.17, 15) is 4.79 Å². The SMILES string of the molecule is Cc1ccc(NC(=O)CN(C)c2cc(C)ccc2C)c(C)c1. The van der Waals surface area contributed by atoms with Gasteiger partial charge in [-0.2, -0.15) is 0 Å². The first kappa shape index (κ1) is 16.1. The molecule has 0 aliphatic heterocycles. The van der Waals surface area contributed by atoms with Gasteiger partial charge in [-0.1, -0.05) is 29.8 Å². The molecular formula is C19H24N2O. The summed E-state index contributed by atoms with van der Waals surface area (Å²) in [7, 11) is 1.95. The van der Waals surface area contributed by atoms with Gasteiger partial charge in [0.15, 0.2) is 0 Å². The molecule has 2 aromatic rings. The molecule has 0 unspecified atom stereocenters. The minimum absolute atomic E-state index is 0.00430. The van der Waals surface area contributed by atoms with E-state index in [1.807, 2.05) is 37.9 Å². The van der Waals surface area contributed by atoms with Crippen LogP contribution in [0.3, 0.4) is 0 Å².